The van der Waals surface area contributed by atoms with Gasteiger partial charge in [0.15, 0.2) is 0 Å². The summed E-state index contributed by atoms with van der Waals surface area (Å²) < 4.78 is 5.53. The standard InChI is InChI=1S/C17H21N3O3/c21-14-9-12(17(23-14)7-3-4-8-17)15(22)20-16-18-10-11-5-1-2-6-13(11)19-16/h10,12H,1-9H2,(H,18,19,20,22). The second-order valence-electron chi connectivity index (χ2n) is 6.86. The molecule has 1 N–H and O–H groups in total. The van der Waals surface area contributed by atoms with Gasteiger partial charge in [-0.3, -0.25) is 14.9 Å². The maximum Gasteiger partial charge on any atom is 0.307 e. The van der Waals surface area contributed by atoms with E-state index in [0.717, 1.165) is 50.6 Å². The highest BCUT2D eigenvalue weighted by Crippen LogP contribution is 2.45. The number of hydrogen-bond acceptors (Lipinski definition) is 5. The molecule has 3 aliphatic rings. The third kappa shape index (κ3) is 2.60. The van der Waals surface area contributed by atoms with E-state index < -0.39 is 11.5 Å². The molecule has 1 atom stereocenters. The van der Waals surface area contributed by atoms with Gasteiger partial charge in [-0.2, -0.15) is 0 Å². The van der Waals surface area contributed by atoms with Gasteiger partial charge in [-0.25, -0.2) is 9.97 Å². The second kappa shape index (κ2) is 5.58. The number of aryl methyl sites for hydroxylation is 2. The molecule has 6 nitrogen and oxygen atoms in total. The van der Waals surface area contributed by atoms with Crippen molar-refractivity contribution in [2.75, 3.05) is 5.32 Å². The number of esters is 1. The molecule has 1 saturated heterocycles. The SMILES string of the molecule is O=C1CC(C(=O)Nc2ncc3c(n2)CCCC3)C2(CCCC2)O1. The molecule has 1 saturated carbocycles. The Kier molecular flexibility index (Phi) is 3.54. The molecule has 2 fully saturated rings. The van der Waals surface area contributed by atoms with Crippen LogP contribution >= 0.6 is 0 Å². The van der Waals surface area contributed by atoms with Gasteiger partial charge in [0.2, 0.25) is 11.9 Å². The summed E-state index contributed by atoms with van der Waals surface area (Å²) in [5, 5.41) is 2.81. The number of hydrogen-bond donors (Lipinski definition) is 1. The van der Waals surface area contributed by atoms with E-state index in [1.807, 2.05) is 6.20 Å². The first kappa shape index (κ1) is 14.6. The first-order valence-corrected chi connectivity index (χ1v) is 8.54. The summed E-state index contributed by atoms with van der Waals surface area (Å²) in [5.74, 6) is -0.521. The highest BCUT2D eigenvalue weighted by molar-refractivity contribution is 5.95. The Labute approximate surface area is 135 Å². The summed E-state index contributed by atoms with van der Waals surface area (Å²) in [7, 11) is 0. The maximum atomic E-state index is 12.7. The van der Waals surface area contributed by atoms with Crippen molar-refractivity contribution < 1.29 is 14.3 Å². The molecule has 0 aromatic carbocycles. The van der Waals surface area contributed by atoms with E-state index in [9.17, 15) is 9.59 Å². The smallest absolute Gasteiger partial charge is 0.307 e. The van der Waals surface area contributed by atoms with Gasteiger partial charge >= 0.3 is 5.97 Å². The highest BCUT2D eigenvalue weighted by Gasteiger charge is 2.54. The lowest BCUT2D eigenvalue weighted by atomic mass is 9.85. The van der Waals surface area contributed by atoms with Gasteiger partial charge in [0.25, 0.3) is 0 Å². The number of carbonyl (C=O) groups is 2. The van der Waals surface area contributed by atoms with Gasteiger partial charge in [0.1, 0.15) is 5.60 Å². The molecule has 0 radical (unpaired) electrons. The molecule has 1 aromatic rings. The van der Waals surface area contributed by atoms with Crippen molar-refractivity contribution in [1.29, 1.82) is 0 Å². The quantitative estimate of drug-likeness (QED) is 0.846. The zero-order valence-electron chi connectivity index (χ0n) is 13.1. The lowest BCUT2D eigenvalue weighted by Gasteiger charge is -2.27. The van der Waals surface area contributed by atoms with Gasteiger partial charge in [-0.1, -0.05) is 0 Å². The molecule has 1 aliphatic heterocycles. The molecule has 1 amide bonds. The van der Waals surface area contributed by atoms with Crippen LogP contribution in [0, 0.1) is 5.92 Å². The Balaban J connectivity index is 1.52. The van der Waals surface area contributed by atoms with Crippen LogP contribution in [0.5, 0.6) is 0 Å². The van der Waals surface area contributed by atoms with Crippen molar-refractivity contribution in [2.24, 2.45) is 5.92 Å². The number of nitrogens with one attached hydrogen (secondary N) is 1. The Hall–Kier alpha value is -1.98. The molecular weight excluding hydrogens is 294 g/mol. The van der Waals surface area contributed by atoms with Crippen LogP contribution < -0.4 is 5.32 Å². The Morgan fingerprint density at radius 1 is 1.22 bits per heavy atom. The highest BCUT2D eigenvalue weighted by atomic mass is 16.6. The van der Waals surface area contributed by atoms with Crippen LogP contribution in [0.1, 0.15) is 56.2 Å². The monoisotopic (exact) mass is 315 g/mol. The maximum absolute atomic E-state index is 12.7. The fourth-order valence-corrected chi connectivity index (χ4v) is 4.18. The summed E-state index contributed by atoms with van der Waals surface area (Å²) in [6.45, 7) is 0. The Morgan fingerprint density at radius 2 is 2.00 bits per heavy atom. The van der Waals surface area contributed by atoms with Gasteiger partial charge in [0.05, 0.1) is 12.3 Å². The molecular formula is C17H21N3O3. The Morgan fingerprint density at radius 3 is 2.83 bits per heavy atom. The number of rotatable bonds is 2. The van der Waals surface area contributed by atoms with Crippen molar-refractivity contribution in [3.8, 4) is 0 Å². The van der Waals surface area contributed by atoms with Crippen LogP contribution in [0.2, 0.25) is 0 Å². The zero-order valence-corrected chi connectivity index (χ0v) is 13.1. The average molecular weight is 315 g/mol. The molecule has 1 spiro atoms. The minimum absolute atomic E-state index is 0.163. The number of nitrogens with zero attached hydrogens (tertiary/aromatic N) is 2. The summed E-state index contributed by atoms with van der Waals surface area (Å²) in [4.78, 5) is 33.2. The van der Waals surface area contributed by atoms with Crippen LogP contribution in [0.15, 0.2) is 6.20 Å². The van der Waals surface area contributed by atoms with Crippen LogP contribution in [-0.4, -0.2) is 27.4 Å². The van der Waals surface area contributed by atoms with Gasteiger partial charge in [-0.15, -0.1) is 0 Å². The normalized spacial score (nSPS) is 25.2. The minimum atomic E-state index is -0.588. The summed E-state index contributed by atoms with van der Waals surface area (Å²) in [6.07, 6.45) is 9.81. The molecule has 2 aliphatic carbocycles. The summed E-state index contributed by atoms with van der Waals surface area (Å²) >= 11 is 0. The average Bonchev–Trinajstić information content (AvgIpc) is 3.14. The van der Waals surface area contributed by atoms with Crippen LogP contribution in [0.4, 0.5) is 5.95 Å². The van der Waals surface area contributed by atoms with Crippen LogP contribution in [-0.2, 0) is 27.2 Å². The van der Waals surface area contributed by atoms with Crippen molar-refractivity contribution in [3.63, 3.8) is 0 Å². The number of anilines is 1. The minimum Gasteiger partial charge on any atom is -0.458 e. The predicted molar refractivity (Wildman–Crippen MR) is 82.7 cm³/mol. The van der Waals surface area contributed by atoms with Gasteiger partial charge in [-0.05, 0) is 56.9 Å². The Bertz CT molecular complexity index is 652. The van der Waals surface area contributed by atoms with E-state index in [1.54, 1.807) is 0 Å². The van der Waals surface area contributed by atoms with Crippen LogP contribution in [0.25, 0.3) is 0 Å². The third-order valence-corrected chi connectivity index (χ3v) is 5.39. The predicted octanol–water partition coefficient (Wildman–Crippen LogP) is 2.17. The number of aromatic nitrogens is 2. The topological polar surface area (TPSA) is 81.2 Å². The molecule has 122 valence electrons. The van der Waals surface area contributed by atoms with Crippen molar-refractivity contribution in [3.05, 3.63) is 17.5 Å². The van der Waals surface area contributed by atoms with Crippen LogP contribution in [0.3, 0.4) is 0 Å². The third-order valence-electron chi connectivity index (χ3n) is 5.39. The lowest BCUT2D eigenvalue weighted by Crippen LogP contribution is -2.40. The number of fused-ring (bicyclic) bond motifs is 1. The molecule has 0 bridgehead atoms. The number of carbonyl (C=O) groups excluding carboxylic acids is 2. The van der Waals surface area contributed by atoms with E-state index in [2.05, 4.69) is 15.3 Å². The molecule has 1 aromatic heterocycles. The summed E-state index contributed by atoms with van der Waals surface area (Å²) in [5.41, 5.74) is 1.63. The second-order valence-corrected chi connectivity index (χ2v) is 6.86. The molecule has 1 unspecified atom stereocenters. The van der Waals surface area contributed by atoms with E-state index in [0.29, 0.717) is 5.95 Å². The van der Waals surface area contributed by atoms with Gasteiger partial charge < -0.3 is 4.74 Å². The molecule has 6 heteroatoms. The van der Waals surface area contributed by atoms with Crippen molar-refractivity contribution in [1.82, 2.24) is 9.97 Å². The zero-order chi connectivity index (χ0) is 15.9. The largest absolute Gasteiger partial charge is 0.458 e. The molecule has 2 heterocycles. The molecule has 23 heavy (non-hydrogen) atoms. The van der Waals surface area contributed by atoms with E-state index in [-0.39, 0.29) is 18.3 Å². The number of ether oxygens (including phenoxy) is 1. The number of amides is 1. The first-order chi connectivity index (χ1) is 11.2. The van der Waals surface area contributed by atoms with E-state index in [4.69, 9.17) is 4.74 Å². The first-order valence-electron chi connectivity index (χ1n) is 8.54. The lowest BCUT2D eigenvalue weighted by molar-refractivity contribution is -0.149. The van der Waals surface area contributed by atoms with Crippen molar-refractivity contribution >= 4 is 17.8 Å². The fourth-order valence-electron chi connectivity index (χ4n) is 4.18. The fraction of sp³-hybridized carbons (Fsp3) is 0.647. The van der Waals surface area contributed by atoms with Gasteiger partial charge in [0, 0.05) is 11.9 Å². The molecule has 4 rings (SSSR count). The van der Waals surface area contributed by atoms with E-state index >= 15 is 0 Å². The summed E-state index contributed by atoms with van der Waals surface area (Å²) in [6, 6.07) is 0. The van der Waals surface area contributed by atoms with E-state index in [1.165, 1.54) is 12.0 Å². The van der Waals surface area contributed by atoms with Crippen molar-refractivity contribution in [2.45, 2.75) is 63.4 Å².